The largest absolute Gasteiger partial charge is 0.498 e. The van der Waals surface area contributed by atoms with Crippen LogP contribution in [0.3, 0.4) is 0 Å². The number of halogens is 15. The second-order valence-corrected chi connectivity index (χ2v) is 18.8. The molecule has 53 heavy (non-hydrogen) atoms. The Balaban J connectivity index is 1.78. The summed E-state index contributed by atoms with van der Waals surface area (Å²) in [6.45, 7) is 0. The molecule has 3 saturated carbocycles. The topological polar surface area (TPSA) is 0 Å². The Labute approximate surface area is 295 Å². The number of hydrogen-bond donors (Lipinski definition) is 0. The van der Waals surface area contributed by atoms with Crippen LogP contribution in [0.2, 0.25) is 0 Å². The minimum atomic E-state index is -6.83. The van der Waals surface area contributed by atoms with E-state index in [1.807, 2.05) is 0 Å². The summed E-state index contributed by atoms with van der Waals surface area (Å²) in [5, 5.41) is -1.07. The predicted molar refractivity (Wildman–Crippen MR) is 172 cm³/mol. The number of benzene rings is 3. The van der Waals surface area contributed by atoms with Crippen LogP contribution >= 0.6 is 7.26 Å². The Morgan fingerprint density at radius 3 is 0.755 bits per heavy atom. The van der Waals surface area contributed by atoms with Crippen LogP contribution in [-0.4, -0.2) is 23.4 Å². The van der Waals surface area contributed by atoms with Crippen molar-refractivity contribution in [1.82, 2.24) is 0 Å². The molecule has 0 aliphatic heterocycles. The van der Waals surface area contributed by atoms with Gasteiger partial charge in [0, 0.05) is 0 Å². The summed E-state index contributed by atoms with van der Waals surface area (Å²) >= 11 is 0. The lowest BCUT2D eigenvalue weighted by molar-refractivity contribution is 0.380. The summed E-state index contributed by atoms with van der Waals surface area (Å²) in [4.78, 5) is 0. The first kappa shape index (κ1) is 39.8. The summed E-state index contributed by atoms with van der Waals surface area (Å²) in [5.41, 5.74) is -10.6. The van der Waals surface area contributed by atoms with E-state index in [0.29, 0.717) is 77.0 Å². The first-order valence-electron chi connectivity index (χ1n) is 17.7. The molecule has 0 aromatic heterocycles. The lowest BCUT2D eigenvalue weighted by Gasteiger charge is -2.49. The van der Waals surface area contributed by atoms with E-state index in [-0.39, 0.29) is 0 Å². The van der Waals surface area contributed by atoms with Crippen LogP contribution in [-0.2, 0) is 0 Å². The Morgan fingerprint density at radius 1 is 0.302 bits per heavy atom. The minimum absolute atomic E-state index is 0.413. The van der Waals surface area contributed by atoms with Crippen molar-refractivity contribution in [3.63, 3.8) is 0 Å². The highest BCUT2D eigenvalue weighted by molar-refractivity contribution is 7.84. The zero-order valence-corrected chi connectivity index (χ0v) is 28.9. The van der Waals surface area contributed by atoms with Crippen molar-refractivity contribution in [1.29, 1.82) is 0 Å². The predicted octanol–water partition coefficient (Wildman–Crippen LogP) is 10.2. The quantitative estimate of drug-likeness (QED) is 0.0735. The van der Waals surface area contributed by atoms with E-state index in [4.69, 9.17) is 0 Å². The molecule has 3 aromatic carbocycles. The van der Waals surface area contributed by atoms with Crippen molar-refractivity contribution in [2.75, 3.05) is 0 Å². The van der Waals surface area contributed by atoms with E-state index in [2.05, 4.69) is 0 Å². The molecule has 0 radical (unpaired) electrons. The SMILES string of the molecule is Fc1c(F)c(F)c([B-](F)(c2c(F)c(F)c(F)c(F)c2F)c2c(F)c(F)c([P+](C3CCCCC3)(C3CCCCC3)C3CCCCC3)c(F)c2F)c(F)c1F. The molecule has 6 rings (SSSR count). The summed E-state index contributed by atoms with van der Waals surface area (Å²) in [7, 11) is -3.48. The molecule has 3 aliphatic rings. The maximum atomic E-state index is 17.8. The van der Waals surface area contributed by atoms with Gasteiger partial charge in [0.15, 0.2) is 40.2 Å². The smallest absolute Gasteiger partial charge is 0.251 e. The highest BCUT2D eigenvalue weighted by Crippen LogP contribution is 2.77. The van der Waals surface area contributed by atoms with E-state index in [1.165, 1.54) is 0 Å². The normalized spacial score (nSPS) is 18.6. The minimum Gasteiger partial charge on any atom is -0.498 e. The maximum absolute atomic E-state index is 17.8. The summed E-state index contributed by atoms with van der Waals surface area (Å²) in [6.07, 6.45) is 1.56. The fraction of sp³-hybridized carbons (Fsp3) is 0.500. The van der Waals surface area contributed by atoms with Gasteiger partial charge in [0.2, 0.25) is 11.6 Å². The molecule has 3 fully saturated rings. The van der Waals surface area contributed by atoms with Gasteiger partial charge < -0.3 is 4.32 Å². The third-order valence-electron chi connectivity index (χ3n) is 11.9. The fourth-order valence-corrected chi connectivity index (χ4v) is 17.1. The van der Waals surface area contributed by atoms with Crippen LogP contribution in [0.25, 0.3) is 0 Å². The molecule has 0 atom stereocenters. The third-order valence-corrected chi connectivity index (χ3v) is 18.2. The van der Waals surface area contributed by atoms with Crippen molar-refractivity contribution < 1.29 is 65.8 Å². The second-order valence-electron chi connectivity index (χ2n) is 14.5. The van der Waals surface area contributed by atoms with Gasteiger partial charge in [-0.25, -0.2) is 52.7 Å². The third kappa shape index (κ3) is 5.97. The van der Waals surface area contributed by atoms with Gasteiger partial charge >= 0.3 is 0 Å². The molecule has 3 aromatic rings. The van der Waals surface area contributed by atoms with Crippen LogP contribution in [0.1, 0.15) is 96.3 Å². The van der Waals surface area contributed by atoms with Gasteiger partial charge in [0.05, 0.1) is 24.2 Å². The molecule has 0 N–H and O–H groups in total. The second kappa shape index (κ2) is 15.0. The van der Waals surface area contributed by atoms with Crippen molar-refractivity contribution in [2.24, 2.45) is 0 Å². The highest BCUT2D eigenvalue weighted by atomic mass is 31.2. The number of rotatable bonds is 7. The zero-order chi connectivity index (χ0) is 38.7. The first-order chi connectivity index (χ1) is 25.1. The summed E-state index contributed by atoms with van der Waals surface area (Å²) in [5.74, 6) is -41.9. The molecule has 290 valence electrons. The molecular formula is C36H33BF15P. The monoisotopic (exact) mass is 792 g/mol. The van der Waals surface area contributed by atoms with Crippen LogP contribution in [0, 0.1) is 81.4 Å². The van der Waals surface area contributed by atoms with Gasteiger partial charge in [-0.05, 0) is 77.0 Å². The molecule has 0 amide bonds. The van der Waals surface area contributed by atoms with E-state index in [0.717, 1.165) is 19.3 Å². The first-order valence-corrected chi connectivity index (χ1v) is 19.7. The fourth-order valence-electron chi connectivity index (χ4n) is 9.67. The lowest BCUT2D eigenvalue weighted by atomic mass is 9.30. The van der Waals surface area contributed by atoms with E-state index >= 15 is 39.4 Å². The summed E-state index contributed by atoms with van der Waals surface area (Å²) in [6, 6.07) is 0. The lowest BCUT2D eigenvalue weighted by Crippen LogP contribution is -2.70. The standard InChI is InChI=1S/C36H33BF15P/c38-22-19(23(39)29(45)32(48)28(22)44)37(52,20-24(40)30(46)33(49)31(47)25(20)41)21-26(42)34(50)36(35(51)27(21)43)53(16-10-4-1-5-11-16,17-12-6-2-7-13-17)18-14-8-3-9-15-18/h16-18H,1-15H2. The van der Waals surface area contributed by atoms with Gasteiger partial charge in [0.25, 0.3) is 6.42 Å². The Morgan fingerprint density at radius 2 is 0.509 bits per heavy atom. The van der Waals surface area contributed by atoms with E-state index in [9.17, 15) is 26.3 Å². The maximum Gasteiger partial charge on any atom is 0.251 e. The van der Waals surface area contributed by atoms with Crippen molar-refractivity contribution in [3.05, 3.63) is 81.4 Å². The molecule has 0 heterocycles. The Hall–Kier alpha value is -2.90. The molecule has 0 saturated heterocycles. The molecular weight excluding hydrogens is 759 g/mol. The van der Waals surface area contributed by atoms with Crippen molar-refractivity contribution in [3.8, 4) is 0 Å². The molecule has 0 bridgehead atoms. The van der Waals surface area contributed by atoms with Gasteiger partial charge in [-0.15, -0.1) is 0 Å². The summed E-state index contributed by atoms with van der Waals surface area (Å²) < 4.78 is 234. The molecule has 17 heteroatoms. The van der Waals surface area contributed by atoms with Crippen molar-refractivity contribution >= 4 is 35.4 Å². The van der Waals surface area contributed by atoms with Gasteiger partial charge in [-0.1, -0.05) is 35.7 Å². The Kier molecular flexibility index (Phi) is 11.2. The van der Waals surface area contributed by atoms with Crippen LogP contribution in [0.5, 0.6) is 0 Å². The molecule has 0 unspecified atom stereocenters. The zero-order valence-electron chi connectivity index (χ0n) is 28.0. The van der Waals surface area contributed by atoms with Crippen molar-refractivity contribution in [2.45, 2.75) is 113 Å². The van der Waals surface area contributed by atoms with Gasteiger partial charge in [0.1, 0.15) is 34.9 Å². The number of hydrogen-bond acceptors (Lipinski definition) is 0. The highest BCUT2D eigenvalue weighted by Gasteiger charge is 2.63. The van der Waals surface area contributed by atoms with E-state index in [1.54, 1.807) is 0 Å². The van der Waals surface area contributed by atoms with E-state index < -0.39 is 134 Å². The molecule has 0 spiro atoms. The molecule has 0 nitrogen and oxygen atoms in total. The van der Waals surface area contributed by atoms with Crippen LogP contribution < -0.4 is 21.7 Å². The average Bonchev–Trinajstić information content (AvgIpc) is 3.17. The van der Waals surface area contributed by atoms with Crippen LogP contribution in [0.4, 0.5) is 65.8 Å². The van der Waals surface area contributed by atoms with Crippen LogP contribution in [0.15, 0.2) is 0 Å². The average molecular weight is 792 g/mol. The van der Waals surface area contributed by atoms with Gasteiger partial charge in [-0.2, -0.15) is 8.78 Å². The van der Waals surface area contributed by atoms with Gasteiger partial charge in [-0.3, -0.25) is 0 Å². The molecule has 3 aliphatic carbocycles. The Bertz CT molecular complexity index is 1710.